The van der Waals surface area contributed by atoms with Gasteiger partial charge in [-0.3, -0.25) is 9.59 Å². The molecule has 2 aromatic rings. The highest BCUT2D eigenvalue weighted by Gasteiger charge is 2.30. The highest BCUT2D eigenvalue weighted by molar-refractivity contribution is 7.17. The van der Waals surface area contributed by atoms with E-state index in [4.69, 9.17) is 0 Å². The summed E-state index contributed by atoms with van der Waals surface area (Å²) >= 11 is 1.11. The van der Waals surface area contributed by atoms with Gasteiger partial charge in [0, 0.05) is 18.7 Å². The number of aryl methyl sites for hydroxylation is 1. The van der Waals surface area contributed by atoms with Gasteiger partial charge in [-0.1, -0.05) is 12.1 Å². The number of amides is 2. The maximum absolute atomic E-state index is 12.6. The van der Waals surface area contributed by atoms with Crippen LogP contribution in [0.4, 0.5) is 13.2 Å². The van der Waals surface area contributed by atoms with Crippen molar-refractivity contribution in [3.63, 3.8) is 0 Å². The fraction of sp³-hybridized carbons (Fsp3) is 0.312. The van der Waals surface area contributed by atoms with E-state index in [0.717, 1.165) is 23.5 Å². The monoisotopic (exact) mass is 369 g/mol. The van der Waals surface area contributed by atoms with Crippen LogP contribution in [0.5, 0.6) is 0 Å². The number of hydrogen-bond acceptors (Lipinski definition) is 4. The lowest BCUT2D eigenvalue weighted by molar-refractivity contribution is -0.137. The minimum Gasteiger partial charge on any atom is -0.353 e. The molecular weight excluding hydrogens is 355 g/mol. The van der Waals surface area contributed by atoms with Gasteiger partial charge >= 0.3 is 6.18 Å². The third kappa shape index (κ3) is 3.65. The Labute approximate surface area is 145 Å². The number of halogens is 3. The second kappa shape index (κ2) is 6.47. The van der Waals surface area contributed by atoms with E-state index in [1.807, 2.05) is 0 Å². The smallest absolute Gasteiger partial charge is 0.353 e. The lowest BCUT2D eigenvalue weighted by atomic mass is 10.1. The molecular formula is C16H14F3N3O2S. The maximum Gasteiger partial charge on any atom is 0.416 e. The standard InChI is InChI=1S/C16H14F3N3O2S/c1-9-13(15(24)22-7-6-20-12(23)8-22)25-14(21-9)10-2-4-11(5-3-10)16(17,18)19/h2-5H,6-8H2,1H3,(H,20,23). The molecule has 132 valence electrons. The molecule has 1 aromatic carbocycles. The SMILES string of the molecule is Cc1nc(-c2ccc(C(F)(F)F)cc2)sc1C(=O)N1CCNC(=O)C1. The van der Waals surface area contributed by atoms with Crippen molar-refractivity contribution in [3.05, 3.63) is 40.4 Å². The van der Waals surface area contributed by atoms with Gasteiger partial charge in [0.2, 0.25) is 5.91 Å². The topological polar surface area (TPSA) is 62.3 Å². The summed E-state index contributed by atoms with van der Waals surface area (Å²) in [6.07, 6.45) is -4.40. The number of alkyl halides is 3. The number of hydrogen-bond donors (Lipinski definition) is 1. The molecule has 1 saturated heterocycles. The Morgan fingerprint density at radius 1 is 1.28 bits per heavy atom. The molecule has 1 aliphatic heterocycles. The first-order chi connectivity index (χ1) is 11.8. The molecule has 2 heterocycles. The minimum absolute atomic E-state index is 0.00815. The summed E-state index contributed by atoms with van der Waals surface area (Å²) in [5.41, 5.74) is 0.271. The third-order valence-corrected chi connectivity index (χ3v) is 4.97. The number of rotatable bonds is 2. The van der Waals surface area contributed by atoms with Crippen molar-refractivity contribution in [2.75, 3.05) is 19.6 Å². The summed E-state index contributed by atoms with van der Waals surface area (Å²) in [6, 6.07) is 4.65. The predicted octanol–water partition coefficient (Wildman–Crippen LogP) is 2.71. The van der Waals surface area contributed by atoms with E-state index in [-0.39, 0.29) is 18.4 Å². The van der Waals surface area contributed by atoms with Crippen LogP contribution in [0.15, 0.2) is 24.3 Å². The molecule has 0 atom stereocenters. The molecule has 1 aromatic heterocycles. The molecule has 1 fully saturated rings. The normalized spacial score (nSPS) is 15.2. The average Bonchev–Trinajstić information content (AvgIpc) is 2.95. The van der Waals surface area contributed by atoms with Crippen LogP contribution >= 0.6 is 11.3 Å². The van der Waals surface area contributed by atoms with Gasteiger partial charge < -0.3 is 10.2 Å². The van der Waals surface area contributed by atoms with E-state index >= 15 is 0 Å². The van der Waals surface area contributed by atoms with Gasteiger partial charge in [-0.15, -0.1) is 11.3 Å². The Morgan fingerprint density at radius 2 is 1.96 bits per heavy atom. The van der Waals surface area contributed by atoms with Gasteiger partial charge in [-0.2, -0.15) is 13.2 Å². The van der Waals surface area contributed by atoms with E-state index in [0.29, 0.717) is 34.2 Å². The molecule has 0 bridgehead atoms. The largest absolute Gasteiger partial charge is 0.416 e. The van der Waals surface area contributed by atoms with Crippen LogP contribution in [0.1, 0.15) is 20.9 Å². The van der Waals surface area contributed by atoms with Crippen LogP contribution in [0.2, 0.25) is 0 Å². The Morgan fingerprint density at radius 3 is 2.56 bits per heavy atom. The van der Waals surface area contributed by atoms with Crippen LogP contribution < -0.4 is 5.32 Å². The van der Waals surface area contributed by atoms with Gasteiger partial charge in [0.05, 0.1) is 17.8 Å². The van der Waals surface area contributed by atoms with E-state index in [1.165, 1.54) is 17.0 Å². The van der Waals surface area contributed by atoms with Crippen molar-refractivity contribution in [1.82, 2.24) is 15.2 Å². The molecule has 1 N–H and O–H groups in total. The molecule has 3 rings (SSSR count). The number of carbonyl (C=O) groups excluding carboxylic acids is 2. The number of thiazole rings is 1. The fourth-order valence-corrected chi connectivity index (χ4v) is 3.52. The molecule has 0 unspecified atom stereocenters. The first kappa shape index (κ1) is 17.4. The minimum atomic E-state index is -4.40. The molecule has 0 saturated carbocycles. The van der Waals surface area contributed by atoms with Gasteiger partial charge in [0.1, 0.15) is 9.88 Å². The molecule has 5 nitrogen and oxygen atoms in total. The molecule has 9 heteroatoms. The zero-order valence-corrected chi connectivity index (χ0v) is 14.0. The molecule has 0 spiro atoms. The van der Waals surface area contributed by atoms with E-state index in [2.05, 4.69) is 10.3 Å². The number of carbonyl (C=O) groups is 2. The van der Waals surface area contributed by atoms with Gasteiger partial charge in [-0.05, 0) is 19.1 Å². The number of benzene rings is 1. The fourth-order valence-electron chi connectivity index (χ4n) is 2.48. The van der Waals surface area contributed by atoms with Gasteiger partial charge in [0.15, 0.2) is 0 Å². The highest BCUT2D eigenvalue weighted by atomic mass is 32.1. The van der Waals surface area contributed by atoms with Crippen molar-refractivity contribution in [3.8, 4) is 10.6 Å². The number of nitrogens with zero attached hydrogens (tertiary/aromatic N) is 2. The Balaban J connectivity index is 1.85. The van der Waals surface area contributed by atoms with Gasteiger partial charge in [0.25, 0.3) is 5.91 Å². The summed E-state index contributed by atoms with van der Waals surface area (Å²) in [4.78, 5) is 30.1. The van der Waals surface area contributed by atoms with Crippen molar-refractivity contribution in [2.24, 2.45) is 0 Å². The van der Waals surface area contributed by atoms with Gasteiger partial charge in [-0.25, -0.2) is 4.98 Å². The zero-order valence-electron chi connectivity index (χ0n) is 13.2. The number of piperazine rings is 1. The average molecular weight is 369 g/mol. The molecule has 1 aliphatic rings. The van der Waals surface area contributed by atoms with E-state index in [1.54, 1.807) is 6.92 Å². The Bertz CT molecular complexity index is 815. The summed E-state index contributed by atoms with van der Waals surface area (Å²) in [5, 5.41) is 3.11. The summed E-state index contributed by atoms with van der Waals surface area (Å²) < 4.78 is 37.9. The third-order valence-electron chi connectivity index (χ3n) is 3.78. The lowest BCUT2D eigenvalue weighted by Gasteiger charge is -2.26. The van der Waals surface area contributed by atoms with Crippen molar-refractivity contribution >= 4 is 23.2 Å². The number of nitrogens with one attached hydrogen (secondary N) is 1. The molecule has 25 heavy (non-hydrogen) atoms. The highest BCUT2D eigenvalue weighted by Crippen LogP contribution is 2.33. The first-order valence-electron chi connectivity index (χ1n) is 7.47. The van der Waals surface area contributed by atoms with Crippen molar-refractivity contribution < 1.29 is 22.8 Å². The number of aromatic nitrogens is 1. The molecule has 0 aliphatic carbocycles. The van der Waals surface area contributed by atoms with Crippen LogP contribution in [0.25, 0.3) is 10.6 Å². The van der Waals surface area contributed by atoms with E-state index < -0.39 is 11.7 Å². The molecule has 2 amide bonds. The van der Waals surface area contributed by atoms with Crippen LogP contribution in [-0.4, -0.2) is 41.3 Å². The van der Waals surface area contributed by atoms with Crippen LogP contribution in [-0.2, 0) is 11.0 Å². The lowest BCUT2D eigenvalue weighted by Crippen LogP contribution is -2.49. The van der Waals surface area contributed by atoms with Crippen LogP contribution in [0, 0.1) is 6.92 Å². The summed E-state index contributed by atoms with van der Waals surface area (Å²) in [5.74, 6) is -0.507. The Kier molecular flexibility index (Phi) is 4.51. The summed E-state index contributed by atoms with van der Waals surface area (Å²) in [6.45, 7) is 2.47. The first-order valence-corrected chi connectivity index (χ1v) is 8.28. The predicted molar refractivity (Wildman–Crippen MR) is 86.2 cm³/mol. The van der Waals surface area contributed by atoms with Crippen LogP contribution in [0.3, 0.4) is 0 Å². The second-order valence-electron chi connectivity index (χ2n) is 5.59. The quantitative estimate of drug-likeness (QED) is 0.885. The van der Waals surface area contributed by atoms with Crippen molar-refractivity contribution in [1.29, 1.82) is 0 Å². The Hall–Kier alpha value is -2.42. The van der Waals surface area contributed by atoms with E-state index in [9.17, 15) is 22.8 Å². The zero-order chi connectivity index (χ0) is 18.2. The van der Waals surface area contributed by atoms with Crippen molar-refractivity contribution in [2.45, 2.75) is 13.1 Å². The summed E-state index contributed by atoms with van der Waals surface area (Å²) in [7, 11) is 0. The second-order valence-corrected chi connectivity index (χ2v) is 6.58. The maximum atomic E-state index is 12.6. The molecule has 0 radical (unpaired) electrons.